The predicted molar refractivity (Wildman–Crippen MR) is 99.8 cm³/mol. The summed E-state index contributed by atoms with van der Waals surface area (Å²) < 4.78 is 2.24. The van der Waals surface area contributed by atoms with Gasteiger partial charge in [-0.25, -0.2) is 4.79 Å². The second-order valence-corrected chi connectivity index (χ2v) is 7.49. The average molecular weight is 358 g/mol. The van der Waals surface area contributed by atoms with Crippen LogP contribution in [0.4, 0.5) is 4.79 Å². The first kappa shape index (κ1) is 16.5. The third-order valence-corrected chi connectivity index (χ3v) is 5.67. The molecule has 1 aromatic heterocycles. The molecule has 5 heteroatoms. The van der Waals surface area contributed by atoms with Gasteiger partial charge in [0, 0.05) is 36.0 Å². The number of rotatable bonds is 2. The molecular formula is C20H24ClN3O. The molecule has 0 saturated heterocycles. The number of aromatic nitrogens is 1. The number of hydrogen-bond acceptors (Lipinski definition) is 1. The highest BCUT2D eigenvalue weighted by molar-refractivity contribution is 6.30. The number of amides is 2. The largest absolute Gasteiger partial charge is 0.348 e. The van der Waals surface area contributed by atoms with Crippen molar-refractivity contribution in [2.24, 2.45) is 0 Å². The fourth-order valence-electron chi connectivity index (χ4n) is 4.10. The maximum absolute atomic E-state index is 13.0. The minimum absolute atomic E-state index is 0.0549. The molecule has 1 aromatic carbocycles. The van der Waals surface area contributed by atoms with E-state index in [0.29, 0.717) is 17.6 Å². The maximum Gasteiger partial charge on any atom is 0.318 e. The molecule has 4 nitrogen and oxygen atoms in total. The Bertz CT molecular complexity index is 734. The SMILES string of the molecule is O=C(NC1CCCCC1)N1CCn2cccc2[C@H]1c1ccc(Cl)cc1. The summed E-state index contributed by atoms with van der Waals surface area (Å²) in [6.07, 6.45) is 8.01. The number of urea groups is 1. The van der Waals surface area contributed by atoms with E-state index >= 15 is 0 Å². The van der Waals surface area contributed by atoms with Gasteiger partial charge in [0.15, 0.2) is 0 Å². The van der Waals surface area contributed by atoms with Gasteiger partial charge < -0.3 is 14.8 Å². The van der Waals surface area contributed by atoms with Crippen LogP contribution in [0.1, 0.15) is 49.4 Å². The topological polar surface area (TPSA) is 37.3 Å². The maximum atomic E-state index is 13.0. The molecule has 0 spiro atoms. The summed E-state index contributed by atoms with van der Waals surface area (Å²) in [6, 6.07) is 12.3. The molecular weight excluding hydrogens is 334 g/mol. The number of benzene rings is 1. The Hall–Kier alpha value is -1.94. The molecule has 0 bridgehead atoms. The summed E-state index contributed by atoms with van der Waals surface area (Å²) in [6.45, 7) is 1.55. The quantitative estimate of drug-likeness (QED) is 0.838. The molecule has 0 unspecified atom stereocenters. The van der Waals surface area contributed by atoms with Crippen LogP contribution in [0.3, 0.4) is 0 Å². The van der Waals surface area contributed by atoms with E-state index in [1.165, 1.54) is 19.3 Å². The molecule has 132 valence electrons. The van der Waals surface area contributed by atoms with Crippen molar-refractivity contribution < 1.29 is 4.79 Å². The van der Waals surface area contributed by atoms with Crippen LogP contribution in [0.2, 0.25) is 5.02 Å². The van der Waals surface area contributed by atoms with E-state index in [0.717, 1.165) is 30.6 Å². The predicted octanol–water partition coefficient (Wildman–Crippen LogP) is 4.59. The fourth-order valence-corrected chi connectivity index (χ4v) is 4.23. The third-order valence-electron chi connectivity index (χ3n) is 5.42. The Balaban J connectivity index is 1.61. The van der Waals surface area contributed by atoms with Crippen LogP contribution in [0.15, 0.2) is 42.6 Å². The number of nitrogens with zero attached hydrogens (tertiary/aromatic N) is 2. The Morgan fingerprint density at radius 2 is 1.80 bits per heavy atom. The number of nitrogens with one attached hydrogen (secondary N) is 1. The van der Waals surface area contributed by atoms with Gasteiger partial charge >= 0.3 is 6.03 Å². The molecule has 2 aliphatic rings. The molecule has 1 N–H and O–H groups in total. The standard InChI is InChI=1S/C20H24ClN3O/c21-16-10-8-15(9-11-16)19-18-7-4-12-23(18)13-14-24(19)20(25)22-17-5-2-1-3-6-17/h4,7-12,17,19H,1-3,5-6,13-14H2,(H,22,25)/t19-/m1/s1. The van der Waals surface area contributed by atoms with Gasteiger partial charge in [0.25, 0.3) is 0 Å². The molecule has 1 fully saturated rings. The van der Waals surface area contributed by atoms with E-state index in [9.17, 15) is 4.79 Å². The van der Waals surface area contributed by atoms with Crippen LogP contribution < -0.4 is 5.32 Å². The first-order chi connectivity index (χ1) is 12.2. The lowest BCUT2D eigenvalue weighted by molar-refractivity contribution is 0.162. The van der Waals surface area contributed by atoms with Crippen molar-refractivity contribution >= 4 is 17.6 Å². The van der Waals surface area contributed by atoms with E-state index in [4.69, 9.17) is 11.6 Å². The normalized spacial score (nSPS) is 21.0. The molecule has 2 heterocycles. The molecule has 0 radical (unpaired) electrons. The minimum atomic E-state index is -0.0652. The van der Waals surface area contributed by atoms with Gasteiger partial charge in [0.1, 0.15) is 0 Å². The molecule has 1 atom stereocenters. The Labute approximate surface area is 153 Å². The fraction of sp³-hybridized carbons (Fsp3) is 0.450. The van der Waals surface area contributed by atoms with Crippen LogP contribution in [0.5, 0.6) is 0 Å². The summed E-state index contributed by atoms with van der Waals surface area (Å²) >= 11 is 6.06. The zero-order valence-corrected chi connectivity index (χ0v) is 15.1. The Morgan fingerprint density at radius 3 is 2.56 bits per heavy atom. The van der Waals surface area contributed by atoms with E-state index in [2.05, 4.69) is 28.2 Å². The summed E-state index contributed by atoms with van der Waals surface area (Å²) in [5.41, 5.74) is 2.26. The van der Waals surface area contributed by atoms with Gasteiger partial charge in [0.05, 0.1) is 6.04 Å². The summed E-state index contributed by atoms with van der Waals surface area (Å²) in [7, 11) is 0. The highest BCUT2D eigenvalue weighted by Gasteiger charge is 2.33. The molecule has 1 saturated carbocycles. The summed E-state index contributed by atoms with van der Waals surface area (Å²) in [4.78, 5) is 15.0. The average Bonchev–Trinajstić information content (AvgIpc) is 3.11. The number of halogens is 1. The van der Waals surface area contributed by atoms with Gasteiger partial charge in [-0.15, -0.1) is 0 Å². The van der Waals surface area contributed by atoms with Gasteiger partial charge in [-0.1, -0.05) is 43.0 Å². The van der Waals surface area contributed by atoms with Crippen LogP contribution in [0.25, 0.3) is 0 Å². The first-order valence-corrected chi connectivity index (χ1v) is 9.58. The van der Waals surface area contributed by atoms with E-state index < -0.39 is 0 Å². The zero-order chi connectivity index (χ0) is 17.2. The highest BCUT2D eigenvalue weighted by atomic mass is 35.5. The summed E-state index contributed by atoms with van der Waals surface area (Å²) in [5, 5.41) is 3.99. The van der Waals surface area contributed by atoms with Crippen molar-refractivity contribution in [1.82, 2.24) is 14.8 Å². The molecule has 1 aliphatic heterocycles. The van der Waals surface area contributed by atoms with Crippen molar-refractivity contribution in [1.29, 1.82) is 0 Å². The van der Waals surface area contributed by atoms with Crippen molar-refractivity contribution in [3.05, 3.63) is 58.9 Å². The van der Waals surface area contributed by atoms with Crippen molar-refractivity contribution in [2.75, 3.05) is 6.54 Å². The van der Waals surface area contributed by atoms with Crippen LogP contribution in [-0.2, 0) is 6.54 Å². The number of carbonyl (C=O) groups excluding carboxylic acids is 1. The second kappa shape index (κ2) is 7.12. The smallest absolute Gasteiger partial charge is 0.318 e. The zero-order valence-electron chi connectivity index (χ0n) is 14.3. The lowest BCUT2D eigenvalue weighted by Gasteiger charge is -2.38. The lowest BCUT2D eigenvalue weighted by atomic mass is 9.95. The molecule has 1 aliphatic carbocycles. The highest BCUT2D eigenvalue weighted by Crippen LogP contribution is 2.33. The molecule has 2 aromatic rings. The van der Waals surface area contributed by atoms with Crippen molar-refractivity contribution in [3.8, 4) is 0 Å². The monoisotopic (exact) mass is 357 g/mol. The molecule has 2 amide bonds. The van der Waals surface area contributed by atoms with E-state index in [-0.39, 0.29) is 12.1 Å². The van der Waals surface area contributed by atoms with E-state index in [1.54, 1.807) is 0 Å². The second-order valence-electron chi connectivity index (χ2n) is 7.06. The molecule has 4 rings (SSSR count). The Kier molecular flexibility index (Phi) is 4.71. The third kappa shape index (κ3) is 3.40. The van der Waals surface area contributed by atoms with E-state index in [1.807, 2.05) is 29.2 Å². The molecule has 25 heavy (non-hydrogen) atoms. The van der Waals surface area contributed by atoms with Crippen LogP contribution in [-0.4, -0.2) is 28.1 Å². The Morgan fingerprint density at radius 1 is 1.04 bits per heavy atom. The number of fused-ring (bicyclic) bond motifs is 1. The number of carbonyl (C=O) groups is 1. The van der Waals surface area contributed by atoms with Gasteiger partial charge in [0.2, 0.25) is 0 Å². The number of hydrogen-bond donors (Lipinski definition) is 1. The van der Waals surface area contributed by atoms with Crippen LogP contribution in [0, 0.1) is 0 Å². The van der Waals surface area contributed by atoms with Gasteiger partial charge in [-0.2, -0.15) is 0 Å². The summed E-state index contributed by atoms with van der Waals surface area (Å²) in [5.74, 6) is 0. The van der Waals surface area contributed by atoms with Gasteiger partial charge in [-0.3, -0.25) is 0 Å². The van der Waals surface area contributed by atoms with Crippen LogP contribution >= 0.6 is 11.6 Å². The van der Waals surface area contributed by atoms with Crippen molar-refractivity contribution in [2.45, 2.75) is 50.7 Å². The van der Waals surface area contributed by atoms with Crippen molar-refractivity contribution in [3.63, 3.8) is 0 Å². The lowest BCUT2D eigenvalue weighted by Crippen LogP contribution is -2.50. The first-order valence-electron chi connectivity index (χ1n) is 9.20. The van der Waals surface area contributed by atoms with Gasteiger partial charge in [-0.05, 0) is 42.7 Å². The minimum Gasteiger partial charge on any atom is -0.348 e.